The van der Waals surface area contributed by atoms with Crippen molar-refractivity contribution in [2.75, 3.05) is 48.8 Å². The first-order chi connectivity index (χ1) is 16.6. The molecule has 3 aromatic rings. The number of benzene rings is 2. The molecule has 0 fully saturated rings. The first-order valence-corrected chi connectivity index (χ1v) is 11.7. The van der Waals surface area contributed by atoms with Crippen molar-refractivity contribution in [2.24, 2.45) is 0 Å². The van der Waals surface area contributed by atoms with Crippen LogP contribution in [0, 0.1) is 0 Å². The number of carbonyl (C=O) groups excluding carboxylic acids is 1. The highest BCUT2D eigenvalue weighted by Gasteiger charge is 2.27. The summed E-state index contributed by atoms with van der Waals surface area (Å²) in [4.78, 5) is 23.6. The van der Waals surface area contributed by atoms with Crippen molar-refractivity contribution in [2.45, 2.75) is 4.90 Å². The molecule has 0 spiro atoms. The normalized spacial score (nSPS) is 12.0. The molecule has 4 rings (SSSR count). The zero-order valence-corrected chi connectivity index (χ0v) is 19.7. The van der Waals surface area contributed by atoms with Gasteiger partial charge in [-0.1, -0.05) is 12.6 Å². The summed E-state index contributed by atoms with van der Waals surface area (Å²) in [6.07, 6.45) is 4.98. The van der Waals surface area contributed by atoms with E-state index in [0.29, 0.717) is 42.1 Å². The summed E-state index contributed by atoms with van der Waals surface area (Å²) >= 11 is 1.52. The Morgan fingerprint density at radius 3 is 2.79 bits per heavy atom. The van der Waals surface area contributed by atoms with Gasteiger partial charge < -0.3 is 24.8 Å². The highest BCUT2D eigenvalue weighted by Crippen LogP contribution is 2.42. The lowest BCUT2D eigenvalue weighted by molar-refractivity contribution is -0.114. The van der Waals surface area contributed by atoms with Crippen LogP contribution in [-0.2, 0) is 9.53 Å². The molecule has 1 aromatic heterocycles. The molecule has 176 valence electrons. The average molecular weight is 480 g/mol. The molecule has 34 heavy (non-hydrogen) atoms. The van der Waals surface area contributed by atoms with Gasteiger partial charge in [0.15, 0.2) is 12.5 Å². The summed E-state index contributed by atoms with van der Waals surface area (Å²) in [6, 6.07) is 13.1. The van der Waals surface area contributed by atoms with E-state index in [2.05, 4.69) is 27.2 Å². The third-order valence-electron chi connectivity index (χ3n) is 4.96. The monoisotopic (exact) mass is 479 g/mol. The van der Waals surface area contributed by atoms with E-state index in [-0.39, 0.29) is 12.6 Å². The average Bonchev–Trinajstić information content (AvgIpc) is 3.30. The van der Waals surface area contributed by atoms with Crippen molar-refractivity contribution in [3.63, 3.8) is 0 Å². The second kappa shape index (κ2) is 10.9. The van der Waals surface area contributed by atoms with Gasteiger partial charge in [0.1, 0.15) is 18.2 Å². The summed E-state index contributed by atoms with van der Waals surface area (Å²) in [7, 11) is 1.64. The van der Waals surface area contributed by atoms with E-state index in [0.717, 1.165) is 16.3 Å². The number of ether oxygens (including phenoxy) is 3. The molecule has 1 aliphatic rings. The highest BCUT2D eigenvalue weighted by atomic mass is 32.2. The fourth-order valence-electron chi connectivity index (χ4n) is 3.28. The number of hydrogen-bond acceptors (Lipinski definition) is 9. The molecule has 1 aliphatic heterocycles. The van der Waals surface area contributed by atoms with Gasteiger partial charge in [0, 0.05) is 19.0 Å². The van der Waals surface area contributed by atoms with Crippen LogP contribution < -0.4 is 25.0 Å². The molecule has 0 bridgehead atoms. The van der Waals surface area contributed by atoms with Crippen molar-refractivity contribution >= 4 is 46.5 Å². The second-order valence-electron chi connectivity index (χ2n) is 7.12. The number of rotatable bonds is 10. The van der Waals surface area contributed by atoms with Gasteiger partial charge >= 0.3 is 0 Å². The predicted molar refractivity (Wildman–Crippen MR) is 134 cm³/mol. The molecule has 2 N–H and O–H groups in total. The topological polar surface area (TPSA) is 97.8 Å². The lowest BCUT2D eigenvalue weighted by Gasteiger charge is -2.14. The summed E-state index contributed by atoms with van der Waals surface area (Å²) in [5, 5.41) is 6.54. The molecule has 0 atom stereocenters. The van der Waals surface area contributed by atoms with Crippen LogP contribution in [0.2, 0.25) is 0 Å². The number of amides is 1. The van der Waals surface area contributed by atoms with Crippen LogP contribution in [0.4, 0.5) is 28.8 Å². The number of hydrogen-bond donors (Lipinski definition) is 2. The van der Waals surface area contributed by atoms with Crippen LogP contribution >= 0.6 is 11.8 Å². The van der Waals surface area contributed by atoms with E-state index >= 15 is 0 Å². The molecule has 10 heteroatoms. The Morgan fingerprint density at radius 1 is 1.24 bits per heavy atom. The van der Waals surface area contributed by atoms with Crippen LogP contribution in [0.3, 0.4) is 0 Å². The number of fused-ring (bicyclic) bond motifs is 1. The maximum Gasteiger partial charge on any atom is 0.253 e. The van der Waals surface area contributed by atoms with E-state index in [4.69, 9.17) is 14.2 Å². The van der Waals surface area contributed by atoms with Crippen LogP contribution in [0.15, 0.2) is 66.2 Å². The quantitative estimate of drug-likeness (QED) is 0.246. The van der Waals surface area contributed by atoms with E-state index in [1.807, 2.05) is 48.7 Å². The van der Waals surface area contributed by atoms with Crippen molar-refractivity contribution in [3.05, 3.63) is 61.3 Å². The Kier molecular flexibility index (Phi) is 7.51. The van der Waals surface area contributed by atoms with Crippen LogP contribution in [0.5, 0.6) is 11.5 Å². The molecule has 2 aromatic carbocycles. The van der Waals surface area contributed by atoms with Gasteiger partial charge in [0.05, 0.1) is 22.9 Å². The molecule has 0 unspecified atom stereocenters. The summed E-state index contributed by atoms with van der Waals surface area (Å²) in [6.45, 7) is 4.71. The number of para-hydroxylation sites is 1. The summed E-state index contributed by atoms with van der Waals surface area (Å²) in [5.41, 5.74) is 2.21. The number of nitrogens with one attached hydrogen (secondary N) is 2. The third-order valence-corrected chi connectivity index (χ3v) is 5.70. The molecular weight excluding hydrogens is 454 g/mol. The number of anilines is 5. The summed E-state index contributed by atoms with van der Waals surface area (Å²) in [5.74, 6) is 2.18. The number of aromatic nitrogens is 2. The van der Waals surface area contributed by atoms with Gasteiger partial charge in [-0.05, 0) is 48.7 Å². The first-order valence-electron chi connectivity index (χ1n) is 10.5. The molecule has 0 saturated carbocycles. The molecule has 2 heterocycles. The molecular formula is C24H25N5O4S. The first kappa shape index (κ1) is 23.4. The lowest BCUT2D eigenvalue weighted by atomic mass is 10.2. The van der Waals surface area contributed by atoms with Gasteiger partial charge in [-0.2, -0.15) is 4.98 Å². The number of nitrogens with zero attached hydrogens (tertiary/aromatic N) is 3. The number of carbonyl (C=O) groups is 1. The van der Waals surface area contributed by atoms with Crippen LogP contribution in [-0.4, -0.2) is 49.2 Å². The van der Waals surface area contributed by atoms with Crippen molar-refractivity contribution in [1.82, 2.24) is 9.97 Å². The van der Waals surface area contributed by atoms with Crippen molar-refractivity contribution in [1.29, 1.82) is 0 Å². The van der Waals surface area contributed by atoms with Gasteiger partial charge in [-0.15, -0.1) is 11.8 Å². The van der Waals surface area contributed by atoms with E-state index in [1.165, 1.54) is 22.7 Å². The van der Waals surface area contributed by atoms with E-state index < -0.39 is 0 Å². The SMILES string of the molecule is C=CC(=O)N1COc2c(Nc3nc(Nc4ccc(OCCOC)cc4)ncc3SC)cccc21. The minimum Gasteiger partial charge on any atom is -0.491 e. The number of thioether (sulfide) groups is 1. The second-order valence-corrected chi connectivity index (χ2v) is 7.97. The van der Waals surface area contributed by atoms with Crippen molar-refractivity contribution < 1.29 is 19.0 Å². The van der Waals surface area contributed by atoms with Gasteiger partial charge in [-0.3, -0.25) is 9.69 Å². The van der Waals surface area contributed by atoms with E-state index in [9.17, 15) is 4.79 Å². The molecule has 9 nitrogen and oxygen atoms in total. The van der Waals surface area contributed by atoms with Gasteiger partial charge in [0.25, 0.3) is 5.91 Å². The van der Waals surface area contributed by atoms with Gasteiger partial charge in [-0.25, -0.2) is 4.98 Å². The van der Waals surface area contributed by atoms with E-state index in [1.54, 1.807) is 13.3 Å². The Morgan fingerprint density at radius 2 is 2.06 bits per heavy atom. The standard InChI is InChI=1S/C24H25N5O4S/c1-4-21(30)29-15-33-22-18(6-5-7-19(22)29)27-23-20(34-3)14-25-24(28-23)26-16-8-10-17(11-9-16)32-13-12-31-2/h4-11,14H,1,12-13,15H2,2-3H3,(H2,25,26,27,28). The third kappa shape index (κ3) is 5.24. The zero-order valence-electron chi connectivity index (χ0n) is 18.9. The molecule has 1 amide bonds. The summed E-state index contributed by atoms with van der Waals surface area (Å²) < 4.78 is 16.4. The Hall–Kier alpha value is -3.76. The fourth-order valence-corrected chi connectivity index (χ4v) is 3.73. The predicted octanol–water partition coefficient (Wildman–Crippen LogP) is 4.58. The lowest BCUT2D eigenvalue weighted by Crippen LogP contribution is -2.27. The fraction of sp³-hybridized carbons (Fsp3) is 0.208. The maximum absolute atomic E-state index is 12.1. The highest BCUT2D eigenvalue weighted by molar-refractivity contribution is 7.98. The minimum absolute atomic E-state index is 0.135. The van der Waals surface area contributed by atoms with Crippen LogP contribution in [0.25, 0.3) is 0 Å². The molecule has 0 aliphatic carbocycles. The van der Waals surface area contributed by atoms with Crippen LogP contribution in [0.1, 0.15) is 0 Å². The Labute approximate surface area is 202 Å². The largest absolute Gasteiger partial charge is 0.491 e. The molecule has 0 saturated heterocycles. The molecule has 0 radical (unpaired) electrons. The minimum atomic E-state index is -0.218. The maximum atomic E-state index is 12.1. The number of methoxy groups -OCH3 is 1. The zero-order chi connectivity index (χ0) is 23.9. The van der Waals surface area contributed by atoms with Crippen molar-refractivity contribution in [3.8, 4) is 11.5 Å². The Balaban J connectivity index is 1.52. The Bertz CT molecular complexity index is 1170. The smallest absolute Gasteiger partial charge is 0.253 e. The van der Waals surface area contributed by atoms with Gasteiger partial charge in [0.2, 0.25) is 5.95 Å².